The molecule has 0 radical (unpaired) electrons. The first kappa shape index (κ1) is 11.8. The van der Waals surface area contributed by atoms with Crippen LogP contribution in [-0.4, -0.2) is 49.1 Å². The number of β-amino-alcohol motifs (C(OH)–C–C–N with tert-alkyl or cyclic N) is 1. The Kier molecular flexibility index (Phi) is 4.15. The van der Waals surface area contributed by atoms with Crippen molar-refractivity contribution in [3.63, 3.8) is 0 Å². The molecule has 5 nitrogen and oxygen atoms in total. The van der Waals surface area contributed by atoms with Crippen LogP contribution in [0.15, 0.2) is 0 Å². The fraction of sp³-hybridized carbons (Fsp3) is 0.909. The Morgan fingerprint density at radius 3 is 3.00 bits per heavy atom. The highest BCUT2D eigenvalue weighted by molar-refractivity contribution is 5.76. The first-order valence-corrected chi connectivity index (χ1v) is 5.95. The molecule has 16 heavy (non-hydrogen) atoms. The maximum Gasteiger partial charge on any atom is 0.323 e. The number of aliphatic hydroxyl groups excluding tert-OH is 1. The summed E-state index contributed by atoms with van der Waals surface area (Å²) < 4.78 is 10.6. The Bertz CT molecular complexity index is 240. The molecule has 0 aliphatic carbocycles. The highest BCUT2D eigenvalue weighted by atomic mass is 16.6. The third-order valence-electron chi connectivity index (χ3n) is 3.08. The molecule has 0 aromatic heterocycles. The van der Waals surface area contributed by atoms with Gasteiger partial charge >= 0.3 is 5.97 Å². The number of nitrogens with one attached hydrogen (secondary N) is 1. The molecule has 0 spiro atoms. The van der Waals surface area contributed by atoms with Crippen LogP contribution in [0.3, 0.4) is 0 Å². The van der Waals surface area contributed by atoms with Gasteiger partial charge in [-0.05, 0) is 19.3 Å². The molecule has 0 aromatic rings. The van der Waals surface area contributed by atoms with Gasteiger partial charge in [-0.1, -0.05) is 0 Å². The molecule has 2 aliphatic rings. The second kappa shape index (κ2) is 5.61. The molecule has 2 rings (SSSR count). The number of carbonyl (C=O) groups excluding carboxylic acids is 1. The van der Waals surface area contributed by atoms with Crippen molar-refractivity contribution in [3.8, 4) is 0 Å². The van der Waals surface area contributed by atoms with E-state index >= 15 is 0 Å². The van der Waals surface area contributed by atoms with Crippen LogP contribution < -0.4 is 5.32 Å². The quantitative estimate of drug-likeness (QED) is 0.657. The van der Waals surface area contributed by atoms with Gasteiger partial charge in [-0.2, -0.15) is 0 Å². The Hall–Kier alpha value is -0.650. The molecule has 2 fully saturated rings. The van der Waals surface area contributed by atoms with Gasteiger partial charge in [0.25, 0.3) is 0 Å². The predicted octanol–water partition coefficient (Wildman–Crippen LogP) is -0.179. The highest BCUT2D eigenvalue weighted by Gasteiger charge is 2.29. The summed E-state index contributed by atoms with van der Waals surface area (Å²) in [7, 11) is 0. The molecule has 2 heterocycles. The molecular formula is C11H19NO4. The Balaban J connectivity index is 1.67. The van der Waals surface area contributed by atoms with E-state index in [4.69, 9.17) is 9.47 Å². The molecule has 92 valence electrons. The summed E-state index contributed by atoms with van der Waals surface area (Å²) in [5, 5.41) is 12.2. The van der Waals surface area contributed by atoms with E-state index in [0.29, 0.717) is 19.6 Å². The third-order valence-corrected chi connectivity index (χ3v) is 3.08. The zero-order chi connectivity index (χ0) is 11.4. The average molecular weight is 229 g/mol. The van der Waals surface area contributed by atoms with E-state index < -0.39 is 6.10 Å². The number of ether oxygens (including phenoxy) is 2. The van der Waals surface area contributed by atoms with E-state index in [1.807, 2.05) is 0 Å². The van der Waals surface area contributed by atoms with Crippen molar-refractivity contribution >= 4 is 5.97 Å². The molecule has 0 bridgehead atoms. The first-order valence-electron chi connectivity index (χ1n) is 5.95. The van der Waals surface area contributed by atoms with Gasteiger partial charge in [0.1, 0.15) is 12.6 Å². The van der Waals surface area contributed by atoms with Crippen molar-refractivity contribution in [1.29, 1.82) is 0 Å². The van der Waals surface area contributed by atoms with E-state index in [9.17, 15) is 9.90 Å². The Morgan fingerprint density at radius 2 is 2.38 bits per heavy atom. The van der Waals surface area contributed by atoms with Crippen LogP contribution in [0.4, 0.5) is 0 Å². The fourth-order valence-corrected chi connectivity index (χ4v) is 2.11. The van der Waals surface area contributed by atoms with Crippen molar-refractivity contribution in [2.45, 2.75) is 43.9 Å². The number of rotatable bonds is 3. The highest BCUT2D eigenvalue weighted by Crippen LogP contribution is 2.14. The van der Waals surface area contributed by atoms with Crippen LogP contribution in [0.1, 0.15) is 25.7 Å². The SMILES string of the molecule is O=C(OCC1CCCCO1)[C@@H]1C[C@@H](O)CN1. The van der Waals surface area contributed by atoms with Crippen LogP contribution in [0.25, 0.3) is 0 Å². The van der Waals surface area contributed by atoms with Crippen molar-refractivity contribution in [3.05, 3.63) is 0 Å². The van der Waals surface area contributed by atoms with Crippen LogP contribution in [0.5, 0.6) is 0 Å². The van der Waals surface area contributed by atoms with Gasteiger partial charge in [-0.25, -0.2) is 0 Å². The summed E-state index contributed by atoms with van der Waals surface area (Å²) in [6.45, 7) is 1.58. The third kappa shape index (κ3) is 3.17. The molecule has 0 saturated carbocycles. The van der Waals surface area contributed by atoms with Crippen LogP contribution in [-0.2, 0) is 14.3 Å². The molecule has 1 unspecified atom stereocenters. The number of hydrogen-bond acceptors (Lipinski definition) is 5. The minimum absolute atomic E-state index is 0.0593. The maximum absolute atomic E-state index is 11.6. The first-order chi connectivity index (χ1) is 7.75. The van der Waals surface area contributed by atoms with E-state index in [1.54, 1.807) is 0 Å². The average Bonchev–Trinajstić information content (AvgIpc) is 2.74. The summed E-state index contributed by atoms with van der Waals surface area (Å²) in [5.74, 6) is -0.272. The van der Waals surface area contributed by atoms with Crippen molar-refractivity contribution < 1.29 is 19.4 Å². The van der Waals surface area contributed by atoms with Crippen molar-refractivity contribution in [1.82, 2.24) is 5.32 Å². The lowest BCUT2D eigenvalue weighted by Crippen LogP contribution is -2.35. The molecule has 2 N–H and O–H groups in total. The molecular weight excluding hydrogens is 210 g/mol. The second-order valence-electron chi connectivity index (χ2n) is 4.47. The molecule has 0 aromatic carbocycles. The van der Waals surface area contributed by atoms with Gasteiger partial charge in [0.15, 0.2) is 0 Å². The summed E-state index contributed by atoms with van der Waals surface area (Å²) in [4.78, 5) is 11.6. The number of carbonyl (C=O) groups is 1. The fourth-order valence-electron chi connectivity index (χ4n) is 2.11. The standard InChI is InChI=1S/C11H19NO4/c13-8-5-10(12-6-8)11(14)16-7-9-3-1-2-4-15-9/h8-10,12-13H,1-7H2/t8-,9?,10+/m1/s1. The van der Waals surface area contributed by atoms with E-state index in [2.05, 4.69) is 5.32 Å². The van der Waals surface area contributed by atoms with Crippen molar-refractivity contribution in [2.75, 3.05) is 19.8 Å². The number of esters is 1. The summed E-state index contributed by atoms with van der Waals surface area (Å²) in [6.07, 6.45) is 3.29. The lowest BCUT2D eigenvalue weighted by Gasteiger charge is -2.22. The molecule has 3 atom stereocenters. The van der Waals surface area contributed by atoms with Gasteiger partial charge in [-0.15, -0.1) is 0 Å². The van der Waals surface area contributed by atoms with E-state index in [0.717, 1.165) is 25.9 Å². The number of hydrogen-bond donors (Lipinski definition) is 2. The predicted molar refractivity (Wildman–Crippen MR) is 57.0 cm³/mol. The lowest BCUT2D eigenvalue weighted by atomic mass is 10.1. The van der Waals surface area contributed by atoms with Gasteiger partial charge in [0.05, 0.1) is 12.2 Å². The zero-order valence-electron chi connectivity index (χ0n) is 9.35. The smallest absolute Gasteiger partial charge is 0.323 e. The van der Waals surface area contributed by atoms with Gasteiger partial charge < -0.3 is 19.9 Å². The summed E-state index contributed by atoms with van der Waals surface area (Å²) in [5.41, 5.74) is 0. The number of aliphatic hydroxyl groups is 1. The Labute approximate surface area is 95.1 Å². The minimum atomic E-state index is -0.427. The van der Waals surface area contributed by atoms with Crippen LogP contribution in [0.2, 0.25) is 0 Å². The summed E-state index contributed by atoms with van der Waals surface area (Å²) in [6, 6.07) is -0.349. The van der Waals surface area contributed by atoms with Crippen molar-refractivity contribution in [2.24, 2.45) is 0 Å². The molecule has 2 aliphatic heterocycles. The van der Waals surface area contributed by atoms with Crippen LogP contribution >= 0.6 is 0 Å². The largest absolute Gasteiger partial charge is 0.462 e. The molecule has 2 saturated heterocycles. The second-order valence-corrected chi connectivity index (χ2v) is 4.47. The minimum Gasteiger partial charge on any atom is -0.462 e. The topological polar surface area (TPSA) is 67.8 Å². The van der Waals surface area contributed by atoms with E-state index in [-0.39, 0.29) is 18.1 Å². The van der Waals surface area contributed by atoms with Gasteiger partial charge in [0.2, 0.25) is 0 Å². The van der Waals surface area contributed by atoms with Gasteiger partial charge in [0, 0.05) is 19.6 Å². The monoisotopic (exact) mass is 229 g/mol. The Morgan fingerprint density at radius 1 is 1.50 bits per heavy atom. The normalized spacial score (nSPS) is 34.9. The molecule has 0 amide bonds. The van der Waals surface area contributed by atoms with E-state index in [1.165, 1.54) is 0 Å². The zero-order valence-corrected chi connectivity index (χ0v) is 9.35. The lowest BCUT2D eigenvalue weighted by molar-refractivity contribution is -0.151. The maximum atomic E-state index is 11.6. The van der Waals surface area contributed by atoms with Gasteiger partial charge in [-0.3, -0.25) is 4.79 Å². The molecule has 5 heteroatoms. The van der Waals surface area contributed by atoms with Crippen LogP contribution in [0, 0.1) is 0 Å². The summed E-state index contributed by atoms with van der Waals surface area (Å²) >= 11 is 0.